The molecule has 5 heterocycles. The van der Waals surface area contributed by atoms with Crippen molar-refractivity contribution in [2.75, 3.05) is 19.7 Å². The minimum atomic E-state index is -3.17. The number of aromatic carboxylic acids is 1. The van der Waals surface area contributed by atoms with Gasteiger partial charge in [-0.2, -0.15) is 5.10 Å². The number of ether oxygens (including phenoxy) is 2. The van der Waals surface area contributed by atoms with Crippen LogP contribution in [0.4, 0.5) is 13.2 Å². The Hall–Kier alpha value is -4.49. The van der Waals surface area contributed by atoms with E-state index >= 15 is 0 Å². The van der Waals surface area contributed by atoms with Crippen molar-refractivity contribution in [1.29, 1.82) is 0 Å². The summed E-state index contributed by atoms with van der Waals surface area (Å²) in [5.74, 6) is 0.645. The van der Waals surface area contributed by atoms with Crippen LogP contribution in [0.3, 0.4) is 0 Å². The number of nitrogens with zero attached hydrogens (tertiary/aromatic N) is 6. The third-order valence-electron chi connectivity index (χ3n) is 8.86. The fraction of sp³-hybridized carbons (Fsp3) is 0.394. The maximum Gasteiger partial charge on any atom is 0.335 e. The van der Waals surface area contributed by atoms with Crippen molar-refractivity contribution >= 4 is 27.9 Å². The number of halogens is 3. The highest BCUT2D eigenvalue weighted by atomic mass is 19.3. The van der Waals surface area contributed by atoms with E-state index in [9.17, 15) is 23.1 Å². The summed E-state index contributed by atoms with van der Waals surface area (Å²) in [4.78, 5) is 23.6. The molecule has 2 aliphatic rings. The first-order chi connectivity index (χ1) is 22.3. The maximum atomic E-state index is 14.0. The highest BCUT2D eigenvalue weighted by molar-refractivity contribution is 5.92. The summed E-state index contributed by atoms with van der Waals surface area (Å²) < 4.78 is 54.4. The third kappa shape index (κ3) is 6.16. The SMILES string of the molecule is O=C(O)c1ccc2nc(CN3CCC(c4cccc(OCc5ccc6cnn(C(F)C(F)F)c6c5)n4)CC3)n(CC3CCO3)c2c1. The molecule has 0 aliphatic carbocycles. The molecule has 2 saturated heterocycles. The first-order valence-corrected chi connectivity index (χ1v) is 15.4. The van der Waals surface area contributed by atoms with Gasteiger partial charge in [0.25, 0.3) is 12.7 Å². The van der Waals surface area contributed by atoms with Gasteiger partial charge in [-0.15, -0.1) is 0 Å². The molecule has 1 N–H and O–H groups in total. The van der Waals surface area contributed by atoms with Crippen molar-refractivity contribution in [2.24, 2.45) is 0 Å². The third-order valence-corrected chi connectivity index (χ3v) is 8.86. The second kappa shape index (κ2) is 12.7. The van der Waals surface area contributed by atoms with Gasteiger partial charge in [-0.3, -0.25) is 4.90 Å². The van der Waals surface area contributed by atoms with E-state index in [0.717, 1.165) is 61.5 Å². The van der Waals surface area contributed by atoms with Crippen molar-refractivity contribution in [3.63, 3.8) is 0 Å². The average Bonchev–Trinajstić information content (AvgIpc) is 3.62. The van der Waals surface area contributed by atoms with E-state index in [4.69, 9.17) is 19.4 Å². The van der Waals surface area contributed by atoms with Crippen LogP contribution in [0.2, 0.25) is 0 Å². The average molecular weight is 635 g/mol. The Morgan fingerprint density at radius 2 is 1.85 bits per heavy atom. The molecule has 7 rings (SSSR count). The van der Waals surface area contributed by atoms with E-state index in [2.05, 4.69) is 14.6 Å². The second-order valence-electron chi connectivity index (χ2n) is 11.9. The second-order valence-corrected chi connectivity index (χ2v) is 11.9. The number of alkyl halides is 3. The number of benzene rings is 2. The van der Waals surface area contributed by atoms with E-state index in [-0.39, 0.29) is 29.7 Å². The van der Waals surface area contributed by atoms with Crippen molar-refractivity contribution in [3.8, 4) is 5.88 Å². The summed E-state index contributed by atoms with van der Waals surface area (Å²) in [6, 6.07) is 15.9. The van der Waals surface area contributed by atoms with Crippen molar-refractivity contribution < 1.29 is 32.5 Å². The van der Waals surface area contributed by atoms with Gasteiger partial charge in [0, 0.05) is 29.7 Å². The maximum absolute atomic E-state index is 14.0. The molecule has 2 fully saturated rings. The number of piperidine rings is 1. The molecule has 5 aromatic rings. The minimum Gasteiger partial charge on any atom is -0.478 e. The highest BCUT2D eigenvalue weighted by Crippen LogP contribution is 2.30. The van der Waals surface area contributed by atoms with Crippen LogP contribution in [0.15, 0.2) is 60.8 Å². The fourth-order valence-electron chi connectivity index (χ4n) is 6.22. The van der Waals surface area contributed by atoms with E-state index in [1.165, 1.54) is 6.20 Å². The zero-order valence-electron chi connectivity index (χ0n) is 24.9. The summed E-state index contributed by atoms with van der Waals surface area (Å²) in [6.45, 7) is 3.88. The normalized spacial score (nSPS) is 18.3. The Bertz CT molecular complexity index is 1870. The van der Waals surface area contributed by atoms with Crippen molar-refractivity contribution in [1.82, 2.24) is 29.2 Å². The molecule has 2 unspecified atom stereocenters. The van der Waals surface area contributed by atoms with Gasteiger partial charge in [-0.1, -0.05) is 18.2 Å². The number of pyridine rings is 1. The molecule has 240 valence electrons. The van der Waals surface area contributed by atoms with Crippen LogP contribution >= 0.6 is 0 Å². The van der Waals surface area contributed by atoms with Crippen molar-refractivity contribution in [3.05, 3.63) is 83.4 Å². The van der Waals surface area contributed by atoms with Crippen LogP contribution in [-0.2, 0) is 24.4 Å². The van der Waals surface area contributed by atoms with Crippen LogP contribution in [-0.4, -0.2) is 72.5 Å². The number of aromatic nitrogens is 5. The number of likely N-dealkylation sites (tertiary alicyclic amines) is 1. The van der Waals surface area contributed by atoms with Crippen LogP contribution in [0.25, 0.3) is 21.9 Å². The van der Waals surface area contributed by atoms with Gasteiger partial charge >= 0.3 is 5.97 Å². The van der Waals surface area contributed by atoms with Gasteiger partial charge in [0.1, 0.15) is 12.4 Å². The Morgan fingerprint density at radius 1 is 1.02 bits per heavy atom. The molecule has 0 bridgehead atoms. The molecular weight excluding hydrogens is 601 g/mol. The first kappa shape index (κ1) is 30.2. The number of hydrogen-bond donors (Lipinski definition) is 1. The van der Waals surface area contributed by atoms with E-state index in [0.29, 0.717) is 34.6 Å². The summed E-state index contributed by atoms with van der Waals surface area (Å²) >= 11 is 0. The standard InChI is InChI=1S/C33H33F3N6O4/c34-31(35)32(36)42-27-14-20(4-5-23(27)16-37-42)19-46-30-3-1-2-25(39-30)21-8-11-40(12-9-21)18-29-38-26-7-6-22(33(43)44)15-28(26)41(29)17-24-10-13-45-24/h1-7,14-16,21,24,31-32H,8-13,17-19H2,(H,43,44). The topological polar surface area (TPSA) is 108 Å². The number of fused-ring (bicyclic) bond motifs is 2. The molecule has 46 heavy (non-hydrogen) atoms. The Labute approximate surface area is 262 Å². The van der Waals surface area contributed by atoms with E-state index in [1.807, 2.05) is 12.1 Å². The smallest absolute Gasteiger partial charge is 0.335 e. The Kier molecular flexibility index (Phi) is 8.34. The molecule has 3 aromatic heterocycles. The van der Waals surface area contributed by atoms with E-state index < -0.39 is 18.7 Å². The first-order valence-electron chi connectivity index (χ1n) is 15.4. The van der Waals surface area contributed by atoms with Gasteiger partial charge in [-0.25, -0.2) is 32.6 Å². The molecule has 0 amide bonds. The summed E-state index contributed by atoms with van der Waals surface area (Å²) in [6.07, 6.45) is -1.44. The number of hydrogen-bond acceptors (Lipinski definition) is 7. The molecular formula is C33H33F3N6O4. The fourth-order valence-corrected chi connectivity index (χ4v) is 6.22. The number of carboxylic acid groups (broad SMARTS) is 1. The molecule has 2 aromatic carbocycles. The molecule has 0 spiro atoms. The number of rotatable bonds is 11. The van der Waals surface area contributed by atoms with Crippen LogP contribution in [0, 0.1) is 0 Å². The quantitative estimate of drug-likeness (QED) is 0.190. The lowest BCUT2D eigenvalue weighted by atomic mass is 9.93. The van der Waals surface area contributed by atoms with Gasteiger partial charge in [0.15, 0.2) is 0 Å². The lowest BCUT2D eigenvalue weighted by molar-refractivity contribution is -0.0592. The monoisotopic (exact) mass is 634 g/mol. The van der Waals surface area contributed by atoms with Gasteiger partial charge < -0.3 is 19.1 Å². The van der Waals surface area contributed by atoms with Crippen LogP contribution in [0.1, 0.15) is 58.9 Å². The number of carboxylic acids is 1. The molecule has 10 nitrogen and oxygen atoms in total. The lowest BCUT2D eigenvalue weighted by Crippen LogP contribution is -2.35. The molecule has 0 saturated carbocycles. The summed E-state index contributed by atoms with van der Waals surface area (Å²) in [7, 11) is 0. The molecule has 0 radical (unpaired) electrons. The molecule has 13 heteroatoms. The summed E-state index contributed by atoms with van der Waals surface area (Å²) in [5, 5.41) is 13.9. The Morgan fingerprint density at radius 3 is 2.59 bits per heavy atom. The largest absolute Gasteiger partial charge is 0.478 e. The summed E-state index contributed by atoms with van der Waals surface area (Å²) in [5.41, 5.74) is 3.73. The zero-order valence-corrected chi connectivity index (χ0v) is 24.9. The minimum absolute atomic E-state index is 0.107. The Balaban J connectivity index is 0.992. The predicted molar refractivity (Wildman–Crippen MR) is 163 cm³/mol. The molecule has 2 aliphatic heterocycles. The van der Waals surface area contributed by atoms with Gasteiger partial charge in [0.2, 0.25) is 5.88 Å². The predicted octanol–water partition coefficient (Wildman–Crippen LogP) is 5.96. The highest BCUT2D eigenvalue weighted by Gasteiger charge is 2.27. The van der Waals surface area contributed by atoms with Gasteiger partial charge in [-0.05, 0) is 68.2 Å². The van der Waals surface area contributed by atoms with Gasteiger partial charge in [0.05, 0.1) is 47.5 Å². The van der Waals surface area contributed by atoms with Crippen LogP contribution < -0.4 is 4.74 Å². The lowest BCUT2D eigenvalue weighted by Gasteiger charge is -2.32. The molecule has 2 atom stereocenters. The zero-order chi connectivity index (χ0) is 31.8. The number of carbonyl (C=O) groups is 1. The number of imidazole rings is 1. The van der Waals surface area contributed by atoms with Crippen LogP contribution in [0.5, 0.6) is 5.88 Å². The van der Waals surface area contributed by atoms with Crippen molar-refractivity contribution in [2.45, 2.75) is 63.7 Å². The van der Waals surface area contributed by atoms with E-state index in [1.54, 1.807) is 42.5 Å².